The molecule has 0 radical (unpaired) electrons. The van der Waals surface area contributed by atoms with Crippen LogP contribution in [0.4, 0.5) is 13.2 Å². The molecule has 11 heteroatoms. The maximum Gasteiger partial charge on any atom is 0.432 e. The van der Waals surface area contributed by atoms with E-state index in [2.05, 4.69) is 9.88 Å². The monoisotopic (exact) mass is 371 g/mol. The highest BCUT2D eigenvalue weighted by Crippen LogP contribution is 2.28. The Morgan fingerprint density at radius 3 is 2.62 bits per heavy atom. The molecule has 4 heterocycles. The van der Waals surface area contributed by atoms with Gasteiger partial charge in [0.1, 0.15) is 11.4 Å². The van der Waals surface area contributed by atoms with Gasteiger partial charge in [0.05, 0.1) is 25.3 Å². The molecule has 0 unspecified atom stereocenters. The lowest BCUT2D eigenvalue weighted by atomic mass is 10.2. The van der Waals surface area contributed by atoms with Crippen LogP contribution in [-0.2, 0) is 17.5 Å². The van der Waals surface area contributed by atoms with Crippen molar-refractivity contribution in [2.45, 2.75) is 12.7 Å². The lowest BCUT2D eigenvalue weighted by molar-refractivity contribution is -0.141. The second kappa shape index (κ2) is 6.09. The van der Waals surface area contributed by atoms with Crippen molar-refractivity contribution in [1.29, 1.82) is 0 Å². The van der Waals surface area contributed by atoms with E-state index in [0.29, 0.717) is 26.3 Å². The fourth-order valence-corrected chi connectivity index (χ4v) is 3.20. The molecule has 2 aromatic heterocycles. The van der Waals surface area contributed by atoms with Crippen molar-refractivity contribution >= 4 is 11.6 Å². The summed E-state index contributed by atoms with van der Waals surface area (Å²) in [6.45, 7) is 3.94. The molecular weight excluding hydrogens is 355 g/mol. The van der Waals surface area contributed by atoms with E-state index in [1.807, 2.05) is 5.10 Å². The summed E-state index contributed by atoms with van der Waals surface area (Å²) in [6.07, 6.45) is -4.63. The molecule has 1 amide bonds. The normalized spacial score (nSPS) is 18.7. The second-order valence-electron chi connectivity index (χ2n) is 6.29. The van der Waals surface area contributed by atoms with Crippen molar-refractivity contribution in [2.75, 3.05) is 39.4 Å². The summed E-state index contributed by atoms with van der Waals surface area (Å²) < 4.78 is 44.4. The molecule has 2 aliphatic heterocycles. The predicted octanol–water partition coefficient (Wildman–Crippen LogP) is 0.329. The molecule has 0 spiro atoms. The average Bonchev–Trinajstić information content (AvgIpc) is 3.17. The number of fused-ring (bicyclic) bond motifs is 2. The SMILES string of the molecule is O=C1c2nc3cc(C(F)(F)F)[nH]n3c(=O)c2CN1CCN1CCOCC1. The first-order valence-electron chi connectivity index (χ1n) is 8.16. The average molecular weight is 371 g/mol. The van der Waals surface area contributed by atoms with Crippen molar-refractivity contribution in [3.05, 3.63) is 33.4 Å². The number of hydrogen-bond donors (Lipinski definition) is 1. The highest BCUT2D eigenvalue weighted by atomic mass is 19.4. The fourth-order valence-electron chi connectivity index (χ4n) is 3.20. The number of halogens is 3. The minimum Gasteiger partial charge on any atom is -0.379 e. The molecule has 4 rings (SSSR count). The summed E-state index contributed by atoms with van der Waals surface area (Å²) in [7, 11) is 0. The minimum atomic E-state index is -4.63. The number of carbonyl (C=O) groups excluding carboxylic acids is 1. The van der Waals surface area contributed by atoms with Gasteiger partial charge >= 0.3 is 6.18 Å². The van der Waals surface area contributed by atoms with Gasteiger partial charge < -0.3 is 9.64 Å². The molecule has 0 bridgehead atoms. The predicted molar refractivity (Wildman–Crippen MR) is 82.8 cm³/mol. The summed E-state index contributed by atoms with van der Waals surface area (Å²) in [6, 6.07) is 0.728. The standard InChI is InChI=1S/C15H16F3N5O3/c16-15(17,18)10-7-11-19-12-9(13(24)23(11)20-10)8-22(14(12)25)2-1-21-3-5-26-6-4-21/h7,20H,1-6,8H2. The molecule has 26 heavy (non-hydrogen) atoms. The molecule has 1 fully saturated rings. The van der Waals surface area contributed by atoms with Crippen molar-refractivity contribution in [1.82, 2.24) is 24.4 Å². The van der Waals surface area contributed by atoms with Gasteiger partial charge in [-0.15, -0.1) is 0 Å². The van der Waals surface area contributed by atoms with Crippen LogP contribution in [0.1, 0.15) is 21.7 Å². The zero-order valence-corrected chi connectivity index (χ0v) is 13.7. The van der Waals surface area contributed by atoms with E-state index in [1.165, 1.54) is 4.90 Å². The number of hydrogen-bond acceptors (Lipinski definition) is 5. The van der Waals surface area contributed by atoms with Crippen LogP contribution in [0.25, 0.3) is 5.65 Å². The van der Waals surface area contributed by atoms with Gasteiger partial charge in [-0.05, 0) is 0 Å². The molecule has 0 saturated carbocycles. The molecule has 8 nitrogen and oxygen atoms in total. The van der Waals surface area contributed by atoms with E-state index in [-0.39, 0.29) is 23.4 Å². The molecular formula is C15H16F3N5O3. The Kier molecular flexibility index (Phi) is 3.99. The maximum absolute atomic E-state index is 12.8. The number of ether oxygens (including phenoxy) is 1. The van der Waals surface area contributed by atoms with E-state index in [0.717, 1.165) is 23.7 Å². The Bertz CT molecular complexity index is 914. The van der Waals surface area contributed by atoms with Crippen LogP contribution in [0.3, 0.4) is 0 Å². The van der Waals surface area contributed by atoms with Crippen LogP contribution in [0, 0.1) is 0 Å². The lowest BCUT2D eigenvalue weighted by Crippen LogP contribution is -2.41. The number of amides is 1. The number of aromatic amines is 1. The lowest BCUT2D eigenvalue weighted by Gasteiger charge is -2.28. The molecule has 0 atom stereocenters. The summed E-state index contributed by atoms with van der Waals surface area (Å²) in [5, 5.41) is 2.01. The zero-order valence-electron chi connectivity index (χ0n) is 13.7. The fraction of sp³-hybridized carbons (Fsp3) is 0.533. The Morgan fingerprint density at radius 1 is 1.19 bits per heavy atom. The molecule has 0 aromatic carbocycles. The van der Waals surface area contributed by atoms with Crippen LogP contribution >= 0.6 is 0 Å². The third kappa shape index (κ3) is 2.86. The number of carbonyl (C=O) groups is 1. The number of nitrogens with one attached hydrogen (secondary N) is 1. The van der Waals surface area contributed by atoms with Gasteiger partial charge in [-0.25, -0.2) is 9.50 Å². The van der Waals surface area contributed by atoms with Crippen LogP contribution in [-0.4, -0.2) is 69.7 Å². The molecule has 2 aromatic rings. The van der Waals surface area contributed by atoms with Gasteiger partial charge in [0, 0.05) is 32.2 Å². The van der Waals surface area contributed by atoms with Gasteiger partial charge in [0.15, 0.2) is 5.65 Å². The molecule has 140 valence electrons. The molecule has 1 saturated heterocycles. The van der Waals surface area contributed by atoms with E-state index < -0.39 is 23.3 Å². The van der Waals surface area contributed by atoms with Gasteiger partial charge in [0.25, 0.3) is 11.5 Å². The zero-order chi connectivity index (χ0) is 18.5. The summed E-state index contributed by atoms with van der Waals surface area (Å²) in [4.78, 5) is 32.6. The van der Waals surface area contributed by atoms with E-state index in [1.54, 1.807) is 0 Å². The largest absolute Gasteiger partial charge is 0.432 e. The number of H-pyrrole nitrogens is 1. The molecule has 1 N–H and O–H groups in total. The van der Waals surface area contributed by atoms with Crippen molar-refractivity contribution in [3.8, 4) is 0 Å². The highest BCUT2D eigenvalue weighted by molar-refractivity contribution is 5.96. The molecule has 0 aliphatic carbocycles. The van der Waals surface area contributed by atoms with Gasteiger partial charge in [-0.2, -0.15) is 13.2 Å². The van der Waals surface area contributed by atoms with E-state index >= 15 is 0 Å². The quantitative estimate of drug-likeness (QED) is 0.841. The van der Waals surface area contributed by atoms with E-state index in [9.17, 15) is 22.8 Å². The minimum absolute atomic E-state index is 0.0493. The highest BCUT2D eigenvalue weighted by Gasteiger charge is 2.36. The van der Waals surface area contributed by atoms with Crippen molar-refractivity contribution < 1.29 is 22.7 Å². The van der Waals surface area contributed by atoms with Crippen LogP contribution < -0.4 is 5.56 Å². The Labute approximate surface area is 145 Å². The molecule has 2 aliphatic rings. The second-order valence-corrected chi connectivity index (χ2v) is 6.29. The number of alkyl halides is 3. The van der Waals surface area contributed by atoms with Crippen molar-refractivity contribution in [3.63, 3.8) is 0 Å². The van der Waals surface area contributed by atoms with Crippen LogP contribution in [0.2, 0.25) is 0 Å². The van der Waals surface area contributed by atoms with Gasteiger partial charge in [-0.1, -0.05) is 0 Å². The number of morpholine rings is 1. The van der Waals surface area contributed by atoms with Crippen molar-refractivity contribution in [2.24, 2.45) is 0 Å². The number of nitrogens with zero attached hydrogens (tertiary/aromatic N) is 4. The van der Waals surface area contributed by atoms with E-state index in [4.69, 9.17) is 4.74 Å². The first-order valence-corrected chi connectivity index (χ1v) is 8.16. The summed E-state index contributed by atoms with van der Waals surface area (Å²) in [5.74, 6) is -0.428. The number of aromatic nitrogens is 3. The van der Waals surface area contributed by atoms with Gasteiger partial charge in [-0.3, -0.25) is 19.6 Å². The first kappa shape index (κ1) is 17.0. The van der Waals surface area contributed by atoms with Gasteiger partial charge in [0.2, 0.25) is 0 Å². The third-order valence-corrected chi connectivity index (χ3v) is 4.64. The Hall–Kier alpha value is -2.40. The smallest absolute Gasteiger partial charge is 0.379 e. The summed E-state index contributed by atoms with van der Waals surface area (Å²) >= 11 is 0. The third-order valence-electron chi connectivity index (χ3n) is 4.64. The van der Waals surface area contributed by atoms with Crippen LogP contribution in [0.15, 0.2) is 10.9 Å². The van der Waals surface area contributed by atoms with Crippen LogP contribution in [0.5, 0.6) is 0 Å². The topological polar surface area (TPSA) is 82.9 Å². The maximum atomic E-state index is 12.8. The Morgan fingerprint density at radius 2 is 1.92 bits per heavy atom. The number of rotatable bonds is 3. The Balaban J connectivity index is 1.58. The first-order chi connectivity index (χ1) is 12.3. The summed E-state index contributed by atoms with van der Waals surface area (Å²) in [5.41, 5.74) is -1.93.